The number of hydrogen-bond acceptors (Lipinski definition) is 3. The Kier molecular flexibility index (Phi) is 9.18. The molecule has 0 aliphatic carbocycles. The molecular weight excluding hydrogens is 400 g/mol. The Morgan fingerprint density at radius 3 is 2.33 bits per heavy atom. The van der Waals surface area contributed by atoms with Gasteiger partial charge in [0.05, 0.1) is 7.11 Å². The number of nitrogens with one attached hydrogen (secondary N) is 1. The Morgan fingerprint density at radius 1 is 1.10 bits per heavy atom. The van der Waals surface area contributed by atoms with Gasteiger partial charge in [-0.15, -0.1) is 0 Å². The van der Waals surface area contributed by atoms with Gasteiger partial charge in [-0.2, -0.15) is 0 Å². The number of methoxy groups -OCH3 is 1. The average Bonchev–Trinajstić information content (AvgIpc) is 2.72. The second kappa shape index (κ2) is 11.6. The minimum atomic E-state index is -0.534. The predicted molar refractivity (Wildman–Crippen MR) is 121 cm³/mol. The molecule has 0 aromatic heterocycles. The van der Waals surface area contributed by atoms with Gasteiger partial charge < -0.3 is 15.0 Å². The summed E-state index contributed by atoms with van der Waals surface area (Å²) in [6.45, 7) is 6.11. The van der Waals surface area contributed by atoms with Crippen LogP contribution in [0.1, 0.15) is 44.7 Å². The number of hydrogen-bond donors (Lipinski definition) is 1. The van der Waals surface area contributed by atoms with Crippen molar-refractivity contribution in [1.29, 1.82) is 0 Å². The number of amides is 2. The summed E-state index contributed by atoms with van der Waals surface area (Å²) >= 11 is 6.24. The van der Waals surface area contributed by atoms with Crippen molar-refractivity contribution in [1.82, 2.24) is 10.2 Å². The molecule has 2 amide bonds. The number of carbonyl (C=O) groups is 2. The first-order valence-electron chi connectivity index (χ1n) is 10.3. The number of benzene rings is 2. The van der Waals surface area contributed by atoms with Gasteiger partial charge >= 0.3 is 0 Å². The number of rotatable bonds is 10. The molecule has 0 fully saturated rings. The smallest absolute Gasteiger partial charge is 0.243 e. The lowest BCUT2D eigenvalue weighted by Gasteiger charge is -2.31. The van der Waals surface area contributed by atoms with E-state index in [1.807, 2.05) is 69.3 Å². The summed E-state index contributed by atoms with van der Waals surface area (Å²) in [5.74, 6) is 0.545. The molecule has 5 nitrogen and oxygen atoms in total. The lowest BCUT2D eigenvalue weighted by molar-refractivity contribution is -0.141. The molecule has 0 aliphatic heterocycles. The van der Waals surface area contributed by atoms with Crippen molar-refractivity contribution < 1.29 is 14.3 Å². The van der Waals surface area contributed by atoms with Crippen LogP contribution in [0, 0.1) is 0 Å². The molecule has 2 aromatic carbocycles. The van der Waals surface area contributed by atoms with Crippen LogP contribution in [0.4, 0.5) is 0 Å². The molecule has 1 N–H and O–H groups in total. The molecule has 30 heavy (non-hydrogen) atoms. The van der Waals surface area contributed by atoms with Crippen LogP contribution in [-0.4, -0.2) is 35.9 Å². The van der Waals surface area contributed by atoms with E-state index in [0.29, 0.717) is 24.4 Å². The Bertz CT molecular complexity index is 837. The Labute approximate surface area is 184 Å². The van der Waals surface area contributed by atoms with E-state index in [4.69, 9.17) is 16.3 Å². The minimum absolute atomic E-state index is 0.00705. The first kappa shape index (κ1) is 23.7. The summed E-state index contributed by atoms with van der Waals surface area (Å²) in [4.78, 5) is 27.7. The van der Waals surface area contributed by atoms with E-state index >= 15 is 0 Å². The number of halogens is 1. The van der Waals surface area contributed by atoms with Gasteiger partial charge in [0.2, 0.25) is 11.8 Å². The van der Waals surface area contributed by atoms with Crippen molar-refractivity contribution in [3.05, 3.63) is 64.7 Å². The van der Waals surface area contributed by atoms with Crippen LogP contribution < -0.4 is 10.1 Å². The quantitative estimate of drug-likeness (QED) is 0.598. The van der Waals surface area contributed by atoms with Gasteiger partial charge in [-0.25, -0.2) is 0 Å². The molecule has 0 unspecified atom stereocenters. The van der Waals surface area contributed by atoms with Gasteiger partial charge in [0.15, 0.2) is 0 Å². The Hall–Kier alpha value is -2.53. The highest BCUT2D eigenvalue weighted by Crippen LogP contribution is 2.20. The fourth-order valence-corrected chi connectivity index (χ4v) is 3.54. The van der Waals surface area contributed by atoms with Crippen LogP contribution >= 0.6 is 11.6 Å². The van der Waals surface area contributed by atoms with Crippen LogP contribution in [0.15, 0.2) is 48.5 Å². The lowest BCUT2D eigenvalue weighted by Crippen LogP contribution is -2.50. The fourth-order valence-electron chi connectivity index (χ4n) is 3.31. The third-order valence-electron chi connectivity index (χ3n) is 4.89. The normalized spacial score (nSPS) is 11.8. The van der Waals surface area contributed by atoms with Gasteiger partial charge in [-0.1, -0.05) is 48.9 Å². The first-order chi connectivity index (χ1) is 14.3. The van der Waals surface area contributed by atoms with E-state index in [1.165, 1.54) is 0 Å². The molecule has 0 radical (unpaired) electrons. The number of carbonyl (C=O) groups excluding carboxylic acids is 2. The Balaban J connectivity index is 2.22. The fraction of sp³-hybridized carbons (Fsp3) is 0.417. The van der Waals surface area contributed by atoms with Crippen molar-refractivity contribution in [3.63, 3.8) is 0 Å². The summed E-state index contributed by atoms with van der Waals surface area (Å²) in [7, 11) is 1.61. The van der Waals surface area contributed by atoms with Crippen molar-refractivity contribution >= 4 is 23.4 Å². The molecule has 0 spiro atoms. The molecule has 0 aliphatic rings. The van der Waals surface area contributed by atoms with Gasteiger partial charge in [0.1, 0.15) is 11.8 Å². The molecule has 2 rings (SSSR count). The number of ether oxygens (including phenoxy) is 1. The minimum Gasteiger partial charge on any atom is -0.497 e. The topological polar surface area (TPSA) is 58.6 Å². The highest BCUT2D eigenvalue weighted by atomic mass is 35.5. The second-order valence-electron chi connectivity index (χ2n) is 7.55. The van der Waals surface area contributed by atoms with Crippen LogP contribution in [0.5, 0.6) is 5.75 Å². The summed E-state index contributed by atoms with van der Waals surface area (Å²) in [6, 6.07) is 14.5. The summed E-state index contributed by atoms with van der Waals surface area (Å²) < 4.78 is 5.21. The molecule has 1 atom stereocenters. The van der Waals surface area contributed by atoms with Crippen LogP contribution in [0.25, 0.3) is 0 Å². The predicted octanol–water partition coefficient (Wildman–Crippen LogP) is 4.61. The standard InChI is InChI=1S/C24H31ClN2O3/c1-5-22(24(29)26-17(2)3)27(16-18-10-13-20(30-4)14-11-18)23(28)15-12-19-8-6-7-9-21(19)25/h6-11,13-14,17,22H,5,12,15-16H2,1-4H3,(H,26,29)/t22-/m0/s1. The molecule has 0 heterocycles. The van der Waals surface area contributed by atoms with Crippen molar-refractivity contribution in [2.24, 2.45) is 0 Å². The molecule has 0 saturated carbocycles. The monoisotopic (exact) mass is 430 g/mol. The van der Waals surface area contributed by atoms with Crippen LogP contribution in [-0.2, 0) is 22.6 Å². The zero-order valence-corrected chi connectivity index (χ0v) is 18.9. The second-order valence-corrected chi connectivity index (χ2v) is 7.96. The molecule has 0 saturated heterocycles. The largest absolute Gasteiger partial charge is 0.497 e. The first-order valence-corrected chi connectivity index (χ1v) is 10.7. The van der Waals surface area contributed by atoms with E-state index < -0.39 is 6.04 Å². The summed E-state index contributed by atoms with van der Waals surface area (Å²) in [5, 5.41) is 3.59. The zero-order chi connectivity index (χ0) is 22.1. The van der Waals surface area contributed by atoms with Crippen molar-refractivity contribution in [2.45, 2.75) is 58.7 Å². The third-order valence-corrected chi connectivity index (χ3v) is 5.26. The molecular formula is C24H31ClN2O3. The third kappa shape index (κ3) is 6.77. The van der Waals surface area contributed by atoms with Gasteiger partial charge in [-0.05, 0) is 56.0 Å². The average molecular weight is 431 g/mol. The van der Waals surface area contributed by atoms with Crippen molar-refractivity contribution in [2.75, 3.05) is 7.11 Å². The van der Waals surface area contributed by atoms with E-state index in [-0.39, 0.29) is 24.3 Å². The molecule has 2 aromatic rings. The van der Waals surface area contributed by atoms with Gasteiger partial charge in [0.25, 0.3) is 0 Å². The van der Waals surface area contributed by atoms with Gasteiger partial charge in [0, 0.05) is 24.0 Å². The van der Waals surface area contributed by atoms with Gasteiger partial charge in [-0.3, -0.25) is 9.59 Å². The van der Waals surface area contributed by atoms with E-state index in [0.717, 1.165) is 16.9 Å². The molecule has 162 valence electrons. The van der Waals surface area contributed by atoms with E-state index in [9.17, 15) is 9.59 Å². The summed E-state index contributed by atoms with van der Waals surface area (Å²) in [5.41, 5.74) is 1.87. The Morgan fingerprint density at radius 2 is 1.77 bits per heavy atom. The van der Waals surface area contributed by atoms with E-state index in [2.05, 4.69) is 5.32 Å². The van der Waals surface area contributed by atoms with Crippen molar-refractivity contribution in [3.8, 4) is 5.75 Å². The highest BCUT2D eigenvalue weighted by Gasteiger charge is 2.28. The van der Waals surface area contributed by atoms with E-state index in [1.54, 1.807) is 12.0 Å². The number of aryl methyl sites for hydroxylation is 1. The number of nitrogens with zero attached hydrogens (tertiary/aromatic N) is 1. The van der Waals surface area contributed by atoms with Crippen LogP contribution in [0.3, 0.4) is 0 Å². The van der Waals surface area contributed by atoms with Crippen LogP contribution in [0.2, 0.25) is 5.02 Å². The molecule has 6 heteroatoms. The maximum Gasteiger partial charge on any atom is 0.243 e. The SMILES string of the molecule is CC[C@@H](C(=O)NC(C)C)N(Cc1ccc(OC)cc1)C(=O)CCc1ccccc1Cl. The highest BCUT2D eigenvalue weighted by molar-refractivity contribution is 6.31. The molecule has 0 bridgehead atoms. The zero-order valence-electron chi connectivity index (χ0n) is 18.2. The maximum atomic E-state index is 13.2. The summed E-state index contributed by atoms with van der Waals surface area (Å²) in [6.07, 6.45) is 1.34. The maximum absolute atomic E-state index is 13.2. The lowest BCUT2D eigenvalue weighted by atomic mass is 10.1.